The molecule has 0 bridgehead atoms. The van der Waals surface area contributed by atoms with Crippen LogP contribution in [0.1, 0.15) is 38.5 Å². The van der Waals surface area contributed by atoms with Crippen molar-refractivity contribution in [2.24, 2.45) is 5.73 Å². The van der Waals surface area contributed by atoms with Gasteiger partial charge >= 0.3 is 6.03 Å². The molecule has 0 radical (unpaired) electrons. The van der Waals surface area contributed by atoms with Crippen LogP contribution in [0.2, 0.25) is 0 Å². The average molecular weight is 325 g/mol. The zero-order valence-corrected chi connectivity index (χ0v) is 13.4. The lowest BCUT2D eigenvalue weighted by molar-refractivity contribution is 0.200. The van der Waals surface area contributed by atoms with E-state index in [1.54, 1.807) is 18.2 Å². The Morgan fingerprint density at radius 3 is 2.36 bits per heavy atom. The summed E-state index contributed by atoms with van der Waals surface area (Å²) in [6.07, 6.45) is 5.51. The summed E-state index contributed by atoms with van der Waals surface area (Å²) >= 11 is 0. The van der Waals surface area contributed by atoms with Gasteiger partial charge in [0.2, 0.25) is 0 Å². The van der Waals surface area contributed by atoms with Crippen LogP contribution in [0.3, 0.4) is 0 Å². The summed E-state index contributed by atoms with van der Waals surface area (Å²) in [6, 6.07) is 7.17. The highest BCUT2D eigenvalue weighted by molar-refractivity contribution is 7.90. The third-order valence-electron chi connectivity index (χ3n) is 4.09. The number of urea groups is 1. The normalized spacial score (nSPS) is 17.7. The van der Waals surface area contributed by atoms with Gasteiger partial charge in [-0.25, -0.2) is 17.9 Å². The van der Waals surface area contributed by atoms with E-state index in [4.69, 9.17) is 5.73 Å². The summed E-state index contributed by atoms with van der Waals surface area (Å²) < 4.78 is 26.4. The van der Waals surface area contributed by atoms with E-state index in [0.717, 1.165) is 32.1 Å². The molecule has 6 nitrogen and oxygen atoms in total. The standard InChI is InChI=1S/C15H23N3O3S/c16-12-11-15(9-5-2-6-10-15)17-14(19)18-22(20,21)13-7-3-1-4-8-13/h1,3-4,7-8H,2,5-6,9-12,16H2,(H2,17,18,19). The summed E-state index contributed by atoms with van der Waals surface area (Å²) in [5.74, 6) is 0. The second kappa shape index (κ2) is 7.11. The van der Waals surface area contributed by atoms with Crippen molar-refractivity contribution < 1.29 is 13.2 Å². The molecule has 0 aliphatic heterocycles. The number of benzene rings is 1. The van der Waals surface area contributed by atoms with E-state index in [0.29, 0.717) is 13.0 Å². The zero-order chi connectivity index (χ0) is 16.1. The Labute approximate surface area is 131 Å². The Bertz CT molecular complexity index is 590. The lowest BCUT2D eigenvalue weighted by Crippen LogP contribution is -2.54. The summed E-state index contributed by atoms with van der Waals surface area (Å²) in [7, 11) is -3.85. The lowest BCUT2D eigenvalue weighted by Gasteiger charge is -2.37. The molecule has 1 aliphatic carbocycles. The maximum absolute atomic E-state index is 12.1. The average Bonchev–Trinajstić information content (AvgIpc) is 2.48. The molecule has 2 rings (SSSR count). The number of nitrogens with two attached hydrogens (primary N) is 1. The highest BCUT2D eigenvalue weighted by Gasteiger charge is 2.33. The SMILES string of the molecule is NCCC1(NC(=O)NS(=O)(=O)c2ccccc2)CCCCC1. The maximum atomic E-state index is 12.1. The van der Waals surface area contributed by atoms with E-state index < -0.39 is 16.1 Å². The fourth-order valence-corrected chi connectivity index (χ4v) is 3.92. The second-order valence-electron chi connectivity index (χ2n) is 5.75. The van der Waals surface area contributed by atoms with Crippen molar-refractivity contribution in [1.82, 2.24) is 10.0 Å². The summed E-state index contributed by atoms with van der Waals surface area (Å²) in [6.45, 7) is 0.464. The van der Waals surface area contributed by atoms with Gasteiger partial charge in [0.1, 0.15) is 0 Å². The van der Waals surface area contributed by atoms with Crippen LogP contribution < -0.4 is 15.8 Å². The Morgan fingerprint density at radius 2 is 1.77 bits per heavy atom. The number of sulfonamides is 1. The molecule has 1 fully saturated rings. The molecule has 1 aromatic carbocycles. The number of carbonyl (C=O) groups is 1. The zero-order valence-electron chi connectivity index (χ0n) is 12.5. The minimum Gasteiger partial charge on any atom is -0.332 e. The van der Waals surface area contributed by atoms with Gasteiger partial charge < -0.3 is 11.1 Å². The van der Waals surface area contributed by atoms with Crippen LogP contribution >= 0.6 is 0 Å². The Kier molecular flexibility index (Phi) is 5.42. The summed E-state index contributed by atoms with van der Waals surface area (Å²) in [5, 5.41) is 2.85. The van der Waals surface area contributed by atoms with Gasteiger partial charge in [-0.3, -0.25) is 0 Å². The van der Waals surface area contributed by atoms with Crippen molar-refractivity contribution in [1.29, 1.82) is 0 Å². The first kappa shape index (κ1) is 16.8. The van der Waals surface area contributed by atoms with Gasteiger partial charge in [0.05, 0.1) is 4.90 Å². The van der Waals surface area contributed by atoms with E-state index in [2.05, 4.69) is 10.0 Å². The highest BCUT2D eigenvalue weighted by Crippen LogP contribution is 2.30. The molecule has 1 aliphatic rings. The number of hydrogen-bond donors (Lipinski definition) is 3. The van der Waals surface area contributed by atoms with E-state index in [-0.39, 0.29) is 10.4 Å². The molecule has 122 valence electrons. The third-order valence-corrected chi connectivity index (χ3v) is 5.44. The predicted octanol–water partition coefficient (Wildman–Crippen LogP) is 1.73. The fourth-order valence-electron chi connectivity index (χ4n) is 2.99. The smallest absolute Gasteiger partial charge is 0.329 e. The van der Waals surface area contributed by atoms with Gasteiger partial charge in [0.25, 0.3) is 10.0 Å². The quantitative estimate of drug-likeness (QED) is 0.767. The van der Waals surface area contributed by atoms with Crippen LogP contribution in [0.25, 0.3) is 0 Å². The van der Waals surface area contributed by atoms with Crippen molar-refractivity contribution >= 4 is 16.1 Å². The van der Waals surface area contributed by atoms with E-state index in [9.17, 15) is 13.2 Å². The first-order valence-corrected chi connectivity index (χ1v) is 9.06. The molecule has 2 amide bonds. The Hall–Kier alpha value is -1.60. The van der Waals surface area contributed by atoms with Crippen LogP contribution in [0, 0.1) is 0 Å². The Balaban J connectivity index is 2.05. The molecular formula is C15H23N3O3S. The number of amides is 2. The molecule has 22 heavy (non-hydrogen) atoms. The minimum atomic E-state index is -3.85. The number of carbonyl (C=O) groups excluding carboxylic acids is 1. The van der Waals surface area contributed by atoms with Crippen molar-refractivity contribution in [3.63, 3.8) is 0 Å². The second-order valence-corrected chi connectivity index (χ2v) is 7.43. The number of hydrogen-bond acceptors (Lipinski definition) is 4. The van der Waals surface area contributed by atoms with Crippen LogP contribution in [0.5, 0.6) is 0 Å². The molecule has 0 saturated heterocycles. The van der Waals surface area contributed by atoms with Crippen molar-refractivity contribution in [2.45, 2.75) is 49.0 Å². The molecular weight excluding hydrogens is 302 g/mol. The highest BCUT2D eigenvalue weighted by atomic mass is 32.2. The Morgan fingerprint density at radius 1 is 1.14 bits per heavy atom. The van der Waals surface area contributed by atoms with Crippen LogP contribution in [-0.2, 0) is 10.0 Å². The van der Waals surface area contributed by atoms with Crippen LogP contribution in [0.4, 0.5) is 4.79 Å². The topological polar surface area (TPSA) is 101 Å². The molecule has 0 atom stereocenters. The fraction of sp³-hybridized carbons (Fsp3) is 0.533. The van der Waals surface area contributed by atoms with Gasteiger partial charge in [-0.1, -0.05) is 37.5 Å². The van der Waals surface area contributed by atoms with Gasteiger partial charge in [0.15, 0.2) is 0 Å². The van der Waals surface area contributed by atoms with E-state index in [1.807, 2.05) is 0 Å². The first-order valence-electron chi connectivity index (χ1n) is 7.58. The van der Waals surface area contributed by atoms with Gasteiger partial charge in [-0.15, -0.1) is 0 Å². The minimum absolute atomic E-state index is 0.0710. The third kappa shape index (κ3) is 4.20. The van der Waals surface area contributed by atoms with Gasteiger partial charge in [-0.05, 0) is 37.9 Å². The molecule has 0 aromatic heterocycles. The van der Waals surface area contributed by atoms with Crippen LogP contribution in [-0.4, -0.2) is 26.5 Å². The molecule has 0 unspecified atom stereocenters. The van der Waals surface area contributed by atoms with Gasteiger partial charge in [-0.2, -0.15) is 0 Å². The van der Waals surface area contributed by atoms with Crippen molar-refractivity contribution in [3.05, 3.63) is 30.3 Å². The summed E-state index contributed by atoms with van der Waals surface area (Å²) in [5.41, 5.74) is 5.26. The maximum Gasteiger partial charge on any atom is 0.329 e. The molecule has 4 N–H and O–H groups in total. The lowest BCUT2D eigenvalue weighted by atomic mass is 9.79. The largest absolute Gasteiger partial charge is 0.332 e. The van der Waals surface area contributed by atoms with Crippen LogP contribution in [0.15, 0.2) is 35.2 Å². The molecule has 0 heterocycles. The number of rotatable bonds is 5. The first-order chi connectivity index (χ1) is 10.5. The molecule has 0 spiro atoms. The van der Waals surface area contributed by atoms with E-state index in [1.165, 1.54) is 12.1 Å². The predicted molar refractivity (Wildman–Crippen MR) is 84.8 cm³/mol. The molecule has 1 aromatic rings. The van der Waals surface area contributed by atoms with Crippen molar-refractivity contribution in [3.8, 4) is 0 Å². The van der Waals surface area contributed by atoms with Gasteiger partial charge in [0, 0.05) is 5.54 Å². The molecule has 1 saturated carbocycles. The molecule has 7 heteroatoms. The van der Waals surface area contributed by atoms with E-state index >= 15 is 0 Å². The monoisotopic (exact) mass is 325 g/mol. The summed E-state index contributed by atoms with van der Waals surface area (Å²) in [4.78, 5) is 12.2. The van der Waals surface area contributed by atoms with Crippen molar-refractivity contribution in [2.75, 3.05) is 6.54 Å². The number of nitrogens with one attached hydrogen (secondary N) is 2.